The summed E-state index contributed by atoms with van der Waals surface area (Å²) in [5.74, 6) is -0.218. The van der Waals surface area contributed by atoms with Gasteiger partial charge in [-0.25, -0.2) is 9.59 Å². The van der Waals surface area contributed by atoms with Gasteiger partial charge in [-0.15, -0.1) is 0 Å². The third-order valence-electron chi connectivity index (χ3n) is 6.26. The minimum Gasteiger partial charge on any atom is -0.459 e. The van der Waals surface area contributed by atoms with E-state index in [0.29, 0.717) is 41.5 Å². The van der Waals surface area contributed by atoms with Gasteiger partial charge in [-0.05, 0) is 69.4 Å². The van der Waals surface area contributed by atoms with E-state index < -0.39 is 5.60 Å². The van der Waals surface area contributed by atoms with Crippen LogP contribution in [0.5, 0.6) is 0 Å². The molecular formula is C25H27Cl2NO4. The fourth-order valence-corrected chi connectivity index (χ4v) is 5.21. The Labute approximate surface area is 198 Å². The Morgan fingerprint density at radius 3 is 2.44 bits per heavy atom. The predicted molar refractivity (Wildman–Crippen MR) is 124 cm³/mol. The highest BCUT2D eigenvalue weighted by Gasteiger charge is 2.56. The second-order valence-electron chi connectivity index (χ2n) is 9.68. The van der Waals surface area contributed by atoms with Crippen molar-refractivity contribution >= 4 is 35.3 Å². The Balaban J connectivity index is 1.59. The van der Waals surface area contributed by atoms with Crippen LogP contribution in [0.2, 0.25) is 10.0 Å². The summed E-state index contributed by atoms with van der Waals surface area (Å²) in [5, 5.41) is 0.952. The monoisotopic (exact) mass is 475 g/mol. The van der Waals surface area contributed by atoms with Crippen molar-refractivity contribution in [3.8, 4) is 0 Å². The first-order chi connectivity index (χ1) is 15.1. The van der Waals surface area contributed by atoms with E-state index in [4.69, 9.17) is 32.7 Å². The molecule has 2 fully saturated rings. The van der Waals surface area contributed by atoms with E-state index in [9.17, 15) is 9.59 Å². The molecule has 0 aromatic heterocycles. The highest BCUT2D eigenvalue weighted by atomic mass is 35.5. The van der Waals surface area contributed by atoms with E-state index in [0.717, 1.165) is 5.56 Å². The number of hydrogen-bond acceptors (Lipinski definition) is 4. The molecule has 1 saturated heterocycles. The number of nitrogens with zero attached hydrogens (tertiary/aromatic N) is 1. The van der Waals surface area contributed by atoms with Gasteiger partial charge in [0.1, 0.15) is 11.7 Å². The number of halogens is 2. The zero-order valence-electron chi connectivity index (χ0n) is 18.4. The lowest BCUT2D eigenvalue weighted by Crippen LogP contribution is -2.39. The Bertz CT molecular complexity index is 1020. The molecule has 1 saturated carbocycles. The summed E-state index contributed by atoms with van der Waals surface area (Å²) in [6, 6.07) is 14.6. The van der Waals surface area contributed by atoms with Crippen molar-refractivity contribution in [2.75, 3.05) is 13.1 Å². The van der Waals surface area contributed by atoms with Gasteiger partial charge in [0.25, 0.3) is 0 Å². The van der Waals surface area contributed by atoms with Crippen molar-refractivity contribution in [3.63, 3.8) is 0 Å². The van der Waals surface area contributed by atoms with Crippen molar-refractivity contribution in [1.82, 2.24) is 4.90 Å². The van der Waals surface area contributed by atoms with Crippen LogP contribution in [0, 0.1) is 5.92 Å². The lowest BCUT2D eigenvalue weighted by Gasteiger charge is -2.31. The number of esters is 1. The zero-order valence-corrected chi connectivity index (χ0v) is 19.9. The smallest absolute Gasteiger partial charge is 0.410 e. The molecule has 2 aliphatic rings. The van der Waals surface area contributed by atoms with Gasteiger partial charge in [-0.3, -0.25) is 0 Å². The number of amides is 1. The van der Waals surface area contributed by atoms with Crippen LogP contribution in [0.1, 0.15) is 49.5 Å². The maximum absolute atomic E-state index is 12.8. The van der Waals surface area contributed by atoms with Crippen molar-refractivity contribution in [2.45, 2.75) is 50.7 Å². The van der Waals surface area contributed by atoms with Crippen LogP contribution in [0.25, 0.3) is 0 Å². The van der Waals surface area contributed by atoms with E-state index >= 15 is 0 Å². The minimum absolute atomic E-state index is 0.112. The van der Waals surface area contributed by atoms with Gasteiger partial charge in [0.2, 0.25) is 0 Å². The molecule has 170 valence electrons. The second-order valence-corrected chi connectivity index (χ2v) is 10.5. The molecule has 1 amide bonds. The van der Waals surface area contributed by atoms with E-state index in [-0.39, 0.29) is 29.5 Å². The maximum atomic E-state index is 12.8. The summed E-state index contributed by atoms with van der Waals surface area (Å²) in [7, 11) is 0. The Hall–Kier alpha value is -2.24. The average Bonchev–Trinajstić information content (AvgIpc) is 3.24. The number of carbonyl (C=O) groups is 2. The molecule has 0 spiro atoms. The highest BCUT2D eigenvalue weighted by Crippen LogP contribution is 2.52. The predicted octanol–water partition coefficient (Wildman–Crippen LogP) is 6.12. The minimum atomic E-state index is -0.570. The molecule has 0 radical (unpaired) electrons. The van der Waals surface area contributed by atoms with Gasteiger partial charge < -0.3 is 14.4 Å². The third kappa shape index (κ3) is 4.60. The number of ether oxygens (including phenoxy) is 2. The van der Waals surface area contributed by atoms with E-state index in [2.05, 4.69) is 0 Å². The fourth-order valence-electron chi connectivity index (χ4n) is 4.91. The first-order valence-corrected chi connectivity index (χ1v) is 11.5. The topological polar surface area (TPSA) is 55.8 Å². The van der Waals surface area contributed by atoms with E-state index in [1.165, 1.54) is 0 Å². The number of hydrogen-bond donors (Lipinski definition) is 0. The Kier molecular flexibility index (Phi) is 6.17. The molecule has 1 aliphatic heterocycles. The van der Waals surface area contributed by atoms with Gasteiger partial charge in [-0.2, -0.15) is 0 Å². The van der Waals surface area contributed by atoms with Crippen molar-refractivity contribution in [1.29, 1.82) is 0 Å². The highest BCUT2D eigenvalue weighted by molar-refractivity contribution is 6.42. The quantitative estimate of drug-likeness (QED) is 0.501. The largest absolute Gasteiger partial charge is 0.459 e. The number of rotatable bonds is 3. The molecule has 7 heteroatoms. The molecule has 1 heterocycles. The SMILES string of the molecule is CC(C)(C)OC(=O)N1C[C@H]2CC(OC(=O)c3ccccc3)C[C@@]2(c2ccc(Cl)c(Cl)c2)C1. The number of fused-ring (bicyclic) bond motifs is 1. The van der Waals surface area contributed by atoms with Crippen LogP contribution >= 0.6 is 23.2 Å². The number of likely N-dealkylation sites (tertiary alicyclic amines) is 1. The lowest BCUT2D eigenvalue weighted by molar-refractivity contribution is 0.0200. The summed E-state index contributed by atoms with van der Waals surface area (Å²) < 4.78 is 11.5. The third-order valence-corrected chi connectivity index (χ3v) is 7.00. The molecule has 1 aliphatic carbocycles. The van der Waals surface area contributed by atoms with E-state index in [1.54, 1.807) is 23.1 Å². The Morgan fingerprint density at radius 1 is 1.06 bits per heavy atom. The number of benzene rings is 2. The van der Waals surface area contributed by atoms with Crippen LogP contribution in [0.3, 0.4) is 0 Å². The molecule has 4 rings (SSSR count). The molecular weight excluding hydrogens is 449 g/mol. The van der Waals surface area contributed by atoms with Crippen LogP contribution in [0.15, 0.2) is 48.5 Å². The second kappa shape index (κ2) is 8.60. The Morgan fingerprint density at radius 2 is 1.78 bits per heavy atom. The van der Waals surface area contributed by atoms with Crippen LogP contribution in [-0.2, 0) is 14.9 Å². The van der Waals surface area contributed by atoms with Crippen molar-refractivity contribution in [3.05, 3.63) is 69.7 Å². The molecule has 3 atom stereocenters. The van der Waals surface area contributed by atoms with Crippen molar-refractivity contribution in [2.24, 2.45) is 5.92 Å². The fraction of sp³-hybridized carbons (Fsp3) is 0.440. The van der Waals surface area contributed by atoms with Crippen LogP contribution in [0.4, 0.5) is 4.79 Å². The van der Waals surface area contributed by atoms with Gasteiger partial charge in [-0.1, -0.05) is 47.5 Å². The summed E-state index contributed by atoms with van der Waals surface area (Å²) >= 11 is 12.5. The molecule has 2 aromatic carbocycles. The van der Waals surface area contributed by atoms with Crippen LogP contribution < -0.4 is 0 Å². The van der Waals surface area contributed by atoms with Gasteiger partial charge in [0.05, 0.1) is 15.6 Å². The van der Waals surface area contributed by atoms with Gasteiger partial charge in [0.15, 0.2) is 0 Å². The summed E-state index contributed by atoms with van der Waals surface area (Å²) in [6.45, 7) is 6.58. The van der Waals surface area contributed by atoms with Gasteiger partial charge in [0, 0.05) is 18.5 Å². The molecule has 5 nitrogen and oxygen atoms in total. The summed E-state index contributed by atoms with van der Waals surface area (Å²) in [4.78, 5) is 27.2. The average molecular weight is 476 g/mol. The molecule has 0 N–H and O–H groups in total. The lowest BCUT2D eigenvalue weighted by atomic mass is 9.74. The standard InChI is InChI=1S/C25H27Cl2NO4/c1-24(2,3)32-23(30)28-14-18-11-19(31-22(29)16-7-5-4-6-8-16)13-25(18,15-28)17-9-10-20(26)21(27)12-17/h4-10,12,18-19H,11,13-15H2,1-3H3/t18-,19?,25+/m1/s1. The normalized spacial score (nSPS) is 24.8. The zero-order chi connectivity index (χ0) is 23.1. The molecule has 1 unspecified atom stereocenters. The number of carbonyl (C=O) groups excluding carboxylic acids is 2. The van der Waals surface area contributed by atoms with Gasteiger partial charge >= 0.3 is 12.1 Å². The first kappa shape index (κ1) is 22.9. The summed E-state index contributed by atoms with van der Waals surface area (Å²) in [6.07, 6.45) is 0.693. The van der Waals surface area contributed by atoms with Crippen LogP contribution in [-0.4, -0.2) is 41.8 Å². The molecule has 0 bridgehead atoms. The molecule has 2 aromatic rings. The molecule has 32 heavy (non-hydrogen) atoms. The van der Waals surface area contributed by atoms with Crippen molar-refractivity contribution < 1.29 is 19.1 Å². The maximum Gasteiger partial charge on any atom is 0.410 e. The first-order valence-electron chi connectivity index (χ1n) is 10.8. The summed E-state index contributed by atoms with van der Waals surface area (Å²) in [5.41, 5.74) is 0.580. The van der Waals surface area contributed by atoms with E-state index in [1.807, 2.05) is 51.1 Å².